The summed E-state index contributed by atoms with van der Waals surface area (Å²) in [6.45, 7) is 7.26. The van der Waals surface area contributed by atoms with Crippen molar-refractivity contribution in [1.29, 1.82) is 0 Å². The number of rotatable bonds is 7. The van der Waals surface area contributed by atoms with Gasteiger partial charge in [-0.15, -0.1) is 0 Å². The number of nitrogens with zero attached hydrogens (tertiary/aromatic N) is 1. The van der Waals surface area contributed by atoms with Crippen molar-refractivity contribution in [3.8, 4) is 0 Å². The molecular formula is C14H24N2O. The molecule has 1 aliphatic rings. The molecular weight excluding hydrogens is 212 g/mol. The molecule has 3 heteroatoms. The summed E-state index contributed by atoms with van der Waals surface area (Å²) in [6, 6.07) is 2.92. The molecule has 0 radical (unpaired) electrons. The zero-order valence-electron chi connectivity index (χ0n) is 11.3. The van der Waals surface area contributed by atoms with Crippen molar-refractivity contribution in [1.82, 2.24) is 10.2 Å². The van der Waals surface area contributed by atoms with E-state index < -0.39 is 0 Å². The molecule has 0 saturated heterocycles. The number of hydrogen-bond acceptors (Lipinski definition) is 3. The Kier molecular flexibility index (Phi) is 4.24. The van der Waals surface area contributed by atoms with Crippen molar-refractivity contribution in [2.24, 2.45) is 0 Å². The van der Waals surface area contributed by atoms with Crippen LogP contribution in [0.5, 0.6) is 0 Å². The van der Waals surface area contributed by atoms with Gasteiger partial charge in [0.1, 0.15) is 11.5 Å². The van der Waals surface area contributed by atoms with Gasteiger partial charge in [-0.3, -0.25) is 4.90 Å². The summed E-state index contributed by atoms with van der Waals surface area (Å²) in [5.74, 6) is 2.20. The van der Waals surface area contributed by atoms with E-state index in [2.05, 4.69) is 37.2 Å². The molecule has 0 spiro atoms. The molecule has 0 aliphatic heterocycles. The summed E-state index contributed by atoms with van der Waals surface area (Å²) in [5.41, 5.74) is 1.28. The highest BCUT2D eigenvalue weighted by atomic mass is 16.3. The Bertz CT molecular complexity index is 355. The molecule has 0 bridgehead atoms. The predicted octanol–water partition coefficient (Wildman–Crippen LogP) is 2.68. The minimum Gasteiger partial charge on any atom is -0.463 e. The van der Waals surface area contributed by atoms with Crippen molar-refractivity contribution in [2.45, 2.75) is 52.2 Å². The molecule has 0 unspecified atom stereocenters. The predicted molar refractivity (Wildman–Crippen MR) is 69.9 cm³/mol. The van der Waals surface area contributed by atoms with E-state index in [-0.39, 0.29) is 0 Å². The van der Waals surface area contributed by atoms with Gasteiger partial charge in [-0.2, -0.15) is 0 Å². The first-order chi connectivity index (χ1) is 8.19. The van der Waals surface area contributed by atoms with Crippen molar-refractivity contribution >= 4 is 0 Å². The molecule has 1 N–H and O–H groups in total. The lowest BCUT2D eigenvalue weighted by Gasteiger charge is -2.12. The zero-order valence-corrected chi connectivity index (χ0v) is 11.3. The molecule has 1 aromatic heterocycles. The summed E-state index contributed by atoms with van der Waals surface area (Å²) in [5, 5.41) is 3.50. The Morgan fingerprint density at radius 3 is 2.88 bits per heavy atom. The zero-order chi connectivity index (χ0) is 12.3. The molecule has 2 rings (SSSR count). The number of aryl methyl sites for hydroxylation is 1. The van der Waals surface area contributed by atoms with Gasteiger partial charge in [0, 0.05) is 6.04 Å². The second-order valence-electron chi connectivity index (χ2n) is 5.21. The average Bonchev–Trinajstić information content (AvgIpc) is 3.02. The maximum atomic E-state index is 5.91. The number of furan rings is 1. The Hall–Kier alpha value is -0.800. The Morgan fingerprint density at radius 2 is 2.24 bits per heavy atom. The van der Waals surface area contributed by atoms with E-state index >= 15 is 0 Å². The number of hydrogen-bond donors (Lipinski definition) is 1. The first-order valence-electron chi connectivity index (χ1n) is 6.69. The number of nitrogens with one attached hydrogen (secondary N) is 1. The standard InChI is InChI=1S/C14H24N2O/c1-4-7-16(3)10-13-8-11(2)14(17-13)9-15-12-5-6-12/h8,12,15H,4-7,9-10H2,1-3H3. The highest BCUT2D eigenvalue weighted by Crippen LogP contribution is 2.21. The van der Waals surface area contributed by atoms with E-state index in [1.54, 1.807) is 0 Å². The van der Waals surface area contributed by atoms with Gasteiger partial charge < -0.3 is 9.73 Å². The molecule has 3 nitrogen and oxygen atoms in total. The summed E-state index contributed by atoms with van der Waals surface area (Å²) in [6.07, 6.45) is 3.84. The molecule has 96 valence electrons. The van der Waals surface area contributed by atoms with Crippen LogP contribution in [-0.2, 0) is 13.1 Å². The molecule has 0 atom stereocenters. The van der Waals surface area contributed by atoms with Crippen LogP contribution in [0.15, 0.2) is 10.5 Å². The van der Waals surface area contributed by atoms with Crippen molar-refractivity contribution < 1.29 is 4.42 Å². The monoisotopic (exact) mass is 236 g/mol. The van der Waals surface area contributed by atoms with Crippen molar-refractivity contribution in [2.75, 3.05) is 13.6 Å². The maximum Gasteiger partial charge on any atom is 0.120 e. The van der Waals surface area contributed by atoms with Crippen LogP contribution in [0.2, 0.25) is 0 Å². The highest BCUT2D eigenvalue weighted by Gasteiger charge is 2.21. The third kappa shape index (κ3) is 3.86. The van der Waals surface area contributed by atoms with Gasteiger partial charge in [0.15, 0.2) is 0 Å². The van der Waals surface area contributed by atoms with Gasteiger partial charge in [0.2, 0.25) is 0 Å². The Balaban J connectivity index is 1.87. The minimum absolute atomic E-state index is 0.741. The van der Waals surface area contributed by atoms with Crippen LogP contribution in [0.4, 0.5) is 0 Å². The lowest BCUT2D eigenvalue weighted by atomic mass is 10.2. The van der Waals surface area contributed by atoms with Gasteiger partial charge in [-0.05, 0) is 51.4 Å². The minimum atomic E-state index is 0.741. The lowest BCUT2D eigenvalue weighted by Crippen LogP contribution is -2.18. The topological polar surface area (TPSA) is 28.4 Å². The fourth-order valence-corrected chi connectivity index (χ4v) is 2.09. The fourth-order valence-electron chi connectivity index (χ4n) is 2.09. The van der Waals surface area contributed by atoms with Crippen LogP contribution in [0.3, 0.4) is 0 Å². The van der Waals surface area contributed by atoms with Crippen molar-refractivity contribution in [3.63, 3.8) is 0 Å². The second-order valence-corrected chi connectivity index (χ2v) is 5.21. The fraction of sp³-hybridized carbons (Fsp3) is 0.714. The maximum absolute atomic E-state index is 5.91. The second kappa shape index (κ2) is 5.69. The van der Waals surface area contributed by atoms with Gasteiger partial charge in [0.05, 0.1) is 13.1 Å². The van der Waals surface area contributed by atoms with E-state index in [1.807, 2.05) is 0 Å². The summed E-state index contributed by atoms with van der Waals surface area (Å²) >= 11 is 0. The van der Waals surface area contributed by atoms with Gasteiger partial charge >= 0.3 is 0 Å². The lowest BCUT2D eigenvalue weighted by molar-refractivity contribution is 0.290. The summed E-state index contributed by atoms with van der Waals surface area (Å²) < 4.78 is 5.91. The largest absolute Gasteiger partial charge is 0.463 e. The van der Waals surface area contributed by atoms with Crippen LogP contribution in [-0.4, -0.2) is 24.5 Å². The molecule has 1 heterocycles. The van der Waals surface area contributed by atoms with Crippen LogP contribution in [0.1, 0.15) is 43.3 Å². The quantitative estimate of drug-likeness (QED) is 0.789. The molecule has 1 aromatic rings. The Morgan fingerprint density at radius 1 is 1.47 bits per heavy atom. The van der Waals surface area contributed by atoms with E-state index in [0.29, 0.717) is 0 Å². The molecule has 17 heavy (non-hydrogen) atoms. The summed E-state index contributed by atoms with van der Waals surface area (Å²) in [7, 11) is 2.14. The highest BCUT2D eigenvalue weighted by molar-refractivity contribution is 5.20. The molecule has 1 fully saturated rings. The first kappa shape index (κ1) is 12.7. The van der Waals surface area contributed by atoms with E-state index in [0.717, 1.165) is 37.2 Å². The molecule has 1 saturated carbocycles. The van der Waals surface area contributed by atoms with E-state index in [9.17, 15) is 0 Å². The molecule has 1 aliphatic carbocycles. The third-order valence-electron chi connectivity index (χ3n) is 3.23. The normalized spacial score (nSPS) is 15.8. The van der Waals surface area contributed by atoms with Crippen LogP contribution < -0.4 is 5.32 Å². The molecule has 0 aromatic carbocycles. The molecule has 0 amide bonds. The van der Waals surface area contributed by atoms with Crippen LogP contribution in [0, 0.1) is 6.92 Å². The van der Waals surface area contributed by atoms with Gasteiger partial charge in [-0.25, -0.2) is 0 Å². The van der Waals surface area contributed by atoms with E-state index in [4.69, 9.17) is 4.42 Å². The third-order valence-corrected chi connectivity index (χ3v) is 3.23. The Labute approximate surface area is 104 Å². The smallest absolute Gasteiger partial charge is 0.120 e. The average molecular weight is 236 g/mol. The SMILES string of the molecule is CCCN(C)Cc1cc(C)c(CNC2CC2)o1. The van der Waals surface area contributed by atoms with Gasteiger partial charge in [-0.1, -0.05) is 6.92 Å². The van der Waals surface area contributed by atoms with Crippen molar-refractivity contribution in [3.05, 3.63) is 23.2 Å². The van der Waals surface area contributed by atoms with E-state index in [1.165, 1.54) is 24.8 Å². The summed E-state index contributed by atoms with van der Waals surface area (Å²) in [4.78, 5) is 2.30. The first-order valence-corrected chi connectivity index (χ1v) is 6.69. The van der Waals surface area contributed by atoms with Crippen LogP contribution in [0.25, 0.3) is 0 Å². The van der Waals surface area contributed by atoms with Gasteiger partial charge in [0.25, 0.3) is 0 Å². The van der Waals surface area contributed by atoms with Crippen LogP contribution >= 0.6 is 0 Å².